The number of carbonyl (C=O) groups excluding carboxylic acids is 1. The van der Waals surface area contributed by atoms with Gasteiger partial charge in [-0.1, -0.05) is 12.1 Å². The first-order chi connectivity index (χ1) is 8.78. The highest BCUT2D eigenvalue weighted by atomic mass is 32.1. The van der Waals surface area contributed by atoms with Gasteiger partial charge in [-0.3, -0.25) is 4.79 Å². The molecule has 0 amide bonds. The van der Waals surface area contributed by atoms with Crippen LogP contribution in [0.3, 0.4) is 0 Å². The number of thiophene rings is 1. The first kappa shape index (κ1) is 11.3. The van der Waals surface area contributed by atoms with E-state index in [1.807, 2.05) is 35.7 Å². The lowest BCUT2D eigenvalue weighted by molar-refractivity contribution is 0.0858. The lowest BCUT2D eigenvalue weighted by Gasteiger charge is -2.23. The molecule has 18 heavy (non-hydrogen) atoms. The number of Topliss-reactive ketones (excluding diaryl/α,β-unsaturated/α-hetero) is 1. The van der Waals surface area contributed by atoms with Crippen LogP contribution in [0.5, 0.6) is 11.5 Å². The minimum Gasteiger partial charge on any atom is -0.497 e. The Labute approximate surface area is 109 Å². The van der Waals surface area contributed by atoms with Crippen LogP contribution in [0.1, 0.15) is 27.8 Å². The molecule has 1 aliphatic rings. The van der Waals surface area contributed by atoms with Crippen LogP contribution >= 0.6 is 11.3 Å². The van der Waals surface area contributed by atoms with E-state index in [0.717, 1.165) is 16.2 Å². The van der Waals surface area contributed by atoms with E-state index in [0.29, 0.717) is 12.2 Å². The van der Waals surface area contributed by atoms with Crippen molar-refractivity contribution >= 4 is 17.1 Å². The molecule has 1 aliphatic heterocycles. The summed E-state index contributed by atoms with van der Waals surface area (Å²) >= 11 is 1.44. The lowest BCUT2D eigenvalue weighted by atomic mass is 10.0. The Morgan fingerprint density at radius 3 is 2.78 bits per heavy atom. The fraction of sp³-hybridized carbons (Fsp3) is 0.214. The Morgan fingerprint density at radius 2 is 2.06 bits per heavy atom. The molecule has 3 nitrogen and oxygen atoms in total. The molecule has 0 saturated carbocycles. The van der Waals surface area contributed by atoms with Crippen molar-refractivity contribution in [3.63, 3.8) is 0 Å². The Hall–Kier alpha value is -1.81. The van der Waals surface area contributed by atoms with Crippen molar-refractivity contribution < 1.29 is 14.3 Å². The van der Waals surface area contributed by atoms with Gasteiger partial charge in [0.05, 0.1) is 13.5 Å². The monoisotopic (exact) mass is 260 g/mol. The van der Waals surface area contributed by atoms with Crippen LogP contribution in [0.4, 0.5) is 0 Å². The third-order valence-corrected chi connectivity index (χ3v) is 3.95. The molecule has 3 rings (SSSR count). The topological polar surface area (TPSA) is 35.5 Å². The van der Waals surface area contributed by atoms with E-state index < -0.39 is 0 Å². The van der Waals surface area contributed by atoms with Crippen LogP contribution < -0.4 is 9.47 Å². The number of fused-ring (bicyclic) bond motifs is 1. The largest absolute Gasteiger partial charge is 0.497 e. The SMILES string of the molecule is COc1ccc(C2CC(=O)c3sccc3O2)cc1. The van der Waals surface area contributed by atoms with Crippen LogP contribution in [-0.2, 0) is 0 Å². The van der Waals surface area contributed by atoms with Crippen molar-refractivity contribution in [2.24, 2.45) is 0 Å². The third kappa shape index (κ3) is 1.88. The minimum atomic E-state index is -0.189. The Balaban J connectivity index is 1.88. The van der Waals surface area contributed by atoms with E-state index >= 15 is 0 Å². The van der Waals surface area contributed by atoms with Gasteiger partial charge in [-0.2, -0.15) is 0 Å². The highest BCUT2D eigenvalue weighted by molar-refractivity contribution is 7.12. The smallest absolute Gasteiger partial charge is 0.180 e. The number of hydrogen-bond acceptors (Lipinski definition) is 4. The third-order valence-electron chi connectivity index (χ3n) is 3.01. The normalized spacial score (nSPS) is 18.1. The average molecular weight is 260 g/mol. The van der Waals surface area contributed by atoms with Crippen molar-refractivity contribution in [1.29, 1.82) is 0 Å². The number of rotatable bonds is 2. The number of benzene rings is 1. The first-order valence-corrected chi connectivity index (χ1v) is 6.57. The number of hydrogen-bond donors (Lipinski definition) is 0. The van der Waals surface area contributed by atoms with Crippen LogP contribution in [0.15, 0.2) is 35.7 Å². The molecule has 1 aromatic heterocycles. The predicted molar refractivity (Wildman–Crippen MR) is 69.6 cm³/mol. The highest BCUT2D eigenvalue weighted by Crippen LogP contribution is 2.38. The molecule has 92 valence electrons. The molecule has 0 radical (unpaired) electrons. The summed E-state index contributed by atoms with van der Waals surface area (Å²) in [6.45, 7) is 0. The minimum absolute atomic E-state index is 0.159. The van der Waals surface area contributed by atoms with Gasteiger partial charge >= 0.3 is 0 Å². The van der Waals surface area contributed by atoms with Gasteiger partial charge < -0.3 is 9.47 Å². The first-order valence-electron chi connectivity index (χ1n) is 5.69. The zero-order valence-corrected chi connectivity index (χ0v) is 10.7. The number of carbonyl (C=O) groups is 1. The van der Waals surface area contributed by atoms with Crippen LogP contribution in [-0.4, -0.2) is 12.9 Å². The molecule has 2 heterocycles. The predicted octanol–water partition coefficient (Wildman–Crippen LogP) is 3.46. The molecule has 4 heteroatoms. The molecule has 0 spiro atoms. The van der Waals surface area contributed by atoms with E-state index in [9.17, 15) is 4.79 Å². The quantitative estimate of drug-likeness (QED) is 0.829. The Bertz CT molecular complexity index is 571. The summed E-state index contributed by atoms with van der Waals surface area (Å²) in [7, 11) is 1.63. The zero-order valence-electron chi connectivity index (χ0n) is 9.88. The maximum absolute atomic E-state index is 12.0. The molecule has 1 atom stereocenters. The molecule has 0 saturated heterocycles. The molecular weight excluding hydrogens is 248 g/mol. The summed E-state index contributed by atoms with van der Waals surface area (Å²) in [4.78, 5) is 12.7. The lowest BCUT2D eigenvalue weighted by Crippen LogP contribution is -2.18. The molecule has 1 unspecified atom stereocenters. The van der Waals surface area contributed by atoms with Crippen molar-refractivity contribution in [3.05, 3.63) is 46.2 Å². The molecule has 0 N–H and O–H groups in total. The van der Waals surface area contributed by atoms with Gasteiger partial charge in [-0.15, -0.1) is 11.3 Å². The molecular formula is C14H12O3S. The summed E-state index contributed by atoms with van der Waals surface area (Å²) in [6.07, 6.45) is 0.213. The molecule has 0 aliphatic carbocycles. The summed E-state index contributed by atoms with van der Waals surface area (Å²) in [5, 5.41) is 1.89. The second kappa shape index (κ2) is 4.46. The van der Waals surface area contributed by atoms with Crippen LogP contribution in [0.2, 0.25) is 0 Å². The van der Waals surface area contributed by atoms with Crippen LogP contribution in [0, 0.1) is 0 Å². The maximum Gasteiger partial charge on any atom is 0.180 e. The van der Waals surface area contributed by atoms with Gasteiger partial charge in [0.1, 0.15) is 22.5 Å². The number of methoxy groups -OCH3 is 1. The molecule has 0 fully saturated rings. The highest BCUT2D eigenvalue weighted by Gasteiger charge is 2.28. The Morgan fingerprint density at radius 1 is 1.28 bits per heavy atom. The number of ketones is 1. The van der Waals surface area contributed by atoms with E-state index in [-0.39, 0.29) is 11.9 Å². The average Bonchev–Trinajstić information content (AvgIpc) is 2.88. The van der Waals surface area contributed by atoms with E-state index in [1.165, 1.54) is 11.3 Å². The number of ether oxygens (including phenoxy) is 2. The summed E-state index contributed by atoms with van der Waals surface area (Å²) in [6, 6.07) is 9.49. The van der Waals surface area contributed by atoms with Gasteiger partial charge in [0.2, 0.25) is 0 Å². The van der Waals surface area contributed by atoms with Gasteiger partial charge in [0, 0.05) is 0 Å². The zero-order chi connectivity index (χ0) is 12.5. The fourth-order valence-electron chi connectivity index (χ4n) is 2.05. The molecule has 2 aromatic rings. The van der Waals surface area contributed by atoms with Gasteiger partial charge in [0.25, 0.3) is 0 Å². The standard InChI is InChI=1S/C14H12O3S/c1-16-10-4-2-9(3-5-10)13-8-11(15)14-12(17-13)6-7-18-14/h2-7,13H,8H2,1H3. The van der Waals surface area contributed by atoms with Gasteiger partial charge in [-0.25, -0.2) is 0 Å². The summed E-state index contributed by atoms with van der Waals surface area (Å²) in [5.74, 6) is 1.67. The fourth-order valence-corrected chi connectivity index (χ4v) is 2.83. The van der Waals surface area contributed by atoms with E-state index in [1.54, 1.807) is 7.11 Å². The van der Waals surface area contributed by atoms with Crippen molar-refractivity contribution in [3.8, 4) is 11.5 Å². The maximum atomic E-state index is 12.0. The van der Waals surface area contributed by atoms with E-state index in [2.05, 4.69) is 0 Å². The van der Waals surface area contributed by atoms with Gasteiger partial charge in [-0.05, 0) is 29.1 Å². The summed E-state index contributed by atoms with van der Waals surface area (Å²) in [5.41, 5.74) is 1.00. The molecule has 0 bridgehead atoms. The van der Waals surface area contributed by atoms with Crippen molar-refractivity contribution in [2.45, 2.75) is 12.5 Å². The second-order valence-electron chi connectivity index (χ2n) is 4.12. The van der Waals surface area contributed by atoms with Crippen molar-refractivity contribution in [1.82, 2.24) is 0 Å². The van der Waals surface area contributed by atoms with Gasteiger partial charge in [0.15, 0.2) is 5.78 Å². The Kier molecular flexibility index (Phi) is 2.80. The summed E-state index contributed by atoms with van der Waals surface area (Å²) < 4.78 is 11.0. The molecule has 1 aromatic carbocycles. The van der Waals surface area contributed by atoms with E-state index in [4.69, 9.17) is 9.47 Å². The van der Waals surface area contributed by atoms with Crippen LogP contribution in [0.25, 0.3) is 0 Å². The second-order valence-corrected chi connectivity index (χ2v) is 5.04. The van der Waals surface area contributed by atoms with Crippen molar-refractivity contribution in [2.75, 3.05) is 7.11 Å².